The third-order valence-electron chi connectivity index (χ3n) is 5.63. The smallest absolute Gasteiger partial charge is 0.264 e. The lowest BCUT2D eigenvalue weighted by atomic mass is 9.99. The van der Waals surface area contributed by atoms with E-state index >= 15 is 0 Å². The molecular weight excluding hydrogens is 408 g/mol. The fraction of sp³-hybridized carbons (Fsp3) is 0.429. The Hall–Kier alpha value is -2.03. The fourth-order valence-electron chi connectivity index (χ4n) is 3.89. The highest BCUT2D eigenvalue weighted by atomic mass is 32.2. The minimum absolute atomic E-state index is 0.00672. The molecule has 1 amide bonds. The summed E-state index contributed by atoms with van der Waals surface area (Å²) in [5, 5.41) is 0. The average Bonchev–Trinajstić information content (AvgIpc) is 3.17. The van der Waals surface area contributed by atoms with Crippen LogP contribution in [0, 0.1) is 0 Å². The number of hydrogen-bond acceptors (Lipinski definition) is 5. The number of carbonyl (C=O) groups is 2. The van der Waals surface area contributed by atoms with Crippen LogP contribution in [0.4, 0.5) is 0 Å². The Bertz CT molecular complexity index is 1010. The van der Waals surface area contributed by atoms with E-state index in [4.69, 9.17) is 0 Å². The van der Waals surface area contributed by atoms with Gasteiger partial charge in [0.05, 0.1) is 9.77 Å². The lowest BCUT2D eigenvalue weighted by Crippen LogP contribution is -2.50. The van der Waals surface area contributed by atoms with Crippen LogP contribution in [0.15, 0.2) is 35.2 Å². The fourth-order valence-corrected chi connectivity index (χ4v) is 6.54. The second-order valence-electron chi connectivity index (χ2n) is 7.54. The molecule has 0 unspecified atom stereocenters. The summed E-state index contributed by atoms with van der Waals surface area (Å²) in [6, 6.07) is 8.04. The molecule has 29 heavy (non-hydrogen) atoms. The average molecular weight is 433 g/mol. The van der Waals surface area contributed by atoms with Gasteiger partial charge in [0.1, 0.15) is 0 Å². The van der Waals surface area contributed by atoms with Crippen molar-refractivity contribution < 1.29 is 18.0 Å². The molecule has 2 aliphatic rings. The van der Waals surface area contributed by atoms with Crippen LogP contribution in [0.3, 0.4) is 0 Å². The number of nitrogens with zero attached hydrogens (tertiary/aromatic N) is 2. The van der Waals surface area contributed by atoms with E-state index < -0.39 is 10.0 Å². The summed E-state index contributed by atoms with van der Waals surface area (Å²) in [5.74, 6) is -0.0939. The largest absolute Gasteiger partial charge is 0.335 e. The molecule has 1 saturated heterocycles. The van der Waals surface area contributed by atoms with Gasteiger partial charge in [-0.25, -0.2) is 8.42 Å². The molecule has 1 aliphatic carbocycles. The second kappa shape index (κ2) is 8.01. The van der Waals surface area contributed by atoms with Crippen molar-refractivity contribution >= 4 is 33.1 Å². The van der Waals surface area contributed by atoms with Gasteiger partial charge in [0.2, 0.25) is 10.0 Å². The third-order valence-corrected chi connectivity index (χ3v) is 8.77. The maximum Gasteiger partial charge on any atom is 0.264 e. The van der Waals surface area contributed by atoms with Gasteiger partial charge in [-0.15, -0.1) is 11.3 Å². The van der Waals surface area contributed by atoms with Crippen LogP contribution < -0.4 is 0 Å². The maximum atomic E-state index is 12.9. The molecule has 2 heterocycles. The number of thiophene rings is 1. The van der Waals surface area contributed by atoms with E-state index in [0.29, 0.717) is 18.7 Å². The summed E-state index contributed by atoms with van der Waals surface area (Å²) in [6.07, 6.45) is 4.47. The van der Waals surface area contributed by atoms with Crippen LogP contribution in [0.25, 0.3) is 0 Å². The van der Waals surface area contributed by atoms with Crippen LogP contribution in [-0.4, -0.2) is 55.5 Å². The van der Waals surface area contributed by atoms with E-state index in [1.54, 1.807) is 16.2 Å². The maximum absolute atomic E-state index is 12.9. The molecule has 6 nitrogen and oxygen atoms in total. The van der Waals surface area contributed by atoms with Crippen molar-refractivity contribution in [3.05, 3.63) is 51.2 Å². The first-order valence-corrected chi connectivity index (χ1v) is 12.1. The van der Waals surface area contributed by atoms with Gasteiger partial charge >= 0.3 is 0 Å². The minimum Gasteiger partial charge on any atom is -0.335 e. The molecule has 4 rings (SSSR count). The number of amides is 1. The zero-order chi connectivity index (χ0) is 20.6. The highest BCUT2D eigenvalue weighted by Gasteiger charge is 2.31. The molecule has 0 saturated carbocycles. The highest BCUT2D eigenvalue weighted by molar-refractivity contribution is 7.89. The number of hydrogen-bond donors (Lipinski definition) is 0. The van der Waals surface area contributed by atoms with Crippen molar-refractivity contribution in [3.63, 3.8) is 0 Å². The quantitative estimate of drug-likeness (QED) is 0.696. The summed E-state index contributed by atoms with van der Waals surface area (Å²) in [4.78, 5) is 28.3. The standard InChI is InChI=1S/C21H24N2O4S2/c1-15(24)16-6-8-18(9-7-16)29(26,27)23-12-10-22(11-13-23)21(25)20-14-17-4-2-3-5-19(17)28-20/h6-9,14H,2-5,10-13H2,1H3. The molecule has 0 spiro atoms. The first kappa shape index (κ1) is 20.3. The van der Waals surface area contributed by atoms with Crippen LogP contribution >= 0.6 is 11.3 Å². The SMILES string of the molecule is CC(=O)c1ccc(S(=O)(=O)N2CCN(C(=O)c3cc4c(s3)CCCC4)CC2)cc1. The van der Waals surface area contributed by atoms with Gasteiger partial charge in [-0.05, 0) is 56.4 Å². The molecule has 0 atom stereocenters. The highest BCUT2D eigenvalue weighted by Crippen LogP contribution is 2.30. The van der Waals surface area contributed by atoms with Crippen molar-refractivity contribution in [2.75, 3.05) is 26.2 Å². The predicted molar refractivity (Wildman–Crippen MR) is 112 cm³/mol. The van der Waals surface area contributed by atoms with Crippen molar-refractivity contribution in [2.24, 2.45) is 0 Å². The number of ketones is 1. The normalized spacial score (nSPS) is 17.8. The van der Waals surface area contributed by atoms with Crippen LogP contribution in [0.5, 0.6) is 0 Å². The van der Waals surface area contributed by atoms with E-state index in [9.17, 15) is 18.0 Å². The molecule has 1 aromatic carbocycles. The number of fused-ring (bicyclic) bond motifs is 1. The summed E-state index contributed by atoms with van der Waals surface area (Å²) < 4.78 is 27.2. The van der Waals surface area contributed by atoms with Gasteiger partial charge in [0, 0.05) is 36.6 Å². The molecule has 2 aromatic rings. The minimum atomic E-state index is -3.63. The molecular formula is C21H24N2O4S2. The van der Waals surface area contributed by atoms with Crippen molar-refractivity contribution in [3.8, 4) is 0 Å². The Balaban J connectivity index is 1.42. The zero-order valence-electron chi connectivity index (χ0n) is 16.4. The first-order chi connectivity index (χ1) is 13.9. The van der Waals surface area contributed by atoms with E-state index in [1.807, 2.05) is 6.07 Å². The Labute approximate surface area is 175 Å². The Morgan fingerprint density at radius 1 is 0.966 bits per heavy atom. The molecule has 0 N–H and O–H groups in total. The van der Waals surface area contributed by atoms with Crippen molar-refractivity contribution in [2.45, 2.75) is 37.5 Å². The molecule has 1 aliphatic heterocycles. The second-order valence-corrected chi connectivity index (χ2v) is 10.6. The predicted octanol–water partition coefficient (Wildman–Crippen LogP) is 2.98. The number of aryl methyl sites for hydroxylation is 2. The summed E-state index contributed by atoms with van der Waals surface area (Å²) in [5.41, 5.74) is 1.79. The van der Waals surface area contributed by atoms with Gasteiger partial charge < -0.3 is 4.90 Å². The Morgan fingerprint density at radius 3 is 2.24 bits per heavy atom. The first-order valence-electron chi connectivity index (χ1n) is 9.88. The molecule has 0 bridgehead atoms. The van der Waals surface area contributed by atoms with Gasteiger partial charge in [0.25, 0.3) is 5.91 Å². The number of piperazine rings is 1. The van der Waals surface area contributed by atoms with Gasteiger partial charge in [-0.3, -0.25) is 9.59 Å². The molecule has 1 fully saturated rings. The zero-order valence-corrected chi connectivity index (χ0v) is 18.0. The van der Waals surface area contributed by atoms with E-state index in [0.717, 1.165) is 17.7 Å². The van der Waals surface area contributed by atoms with Crippen LogP contribution in [-0.2, 0) is 22.9 Å². The molecule has 0 radical (unpaired) electrons. The van der Waals surface area contributed by atoms with E-state index in [-0.39, 0.29) is 29.7 Å². The summed E-state index contributed by atoms with van der Waals surface area (Å²) >= 11 is 1.59. The number of benzene rings is 1. The van der Waals surface area contributed by atoms with Crippen molar-refractivity contribution in [1.82, 2.24) is 9.21 Å². The monoisotopic (exact) mass is 432 g/mol. The molecule has 154 valence electrons. The Morgan fingerprint density at radius 2 is 1.62 bits per heavy atom. The lowest BCUT2D eigenvalue weighted by Gasteiger charge is -2.33. The molecule has 8 heteroatoms. The van der Waals surface area contributed by atoms with Crippen LogP contribution in [0.1, 0.15) is 50.2 Å². The number of Topliss-reactive ketones (excluding diaryl/α,β-unsaturated/α-hetero) is 1. The van der Waals surface area contributed by atoms with E-state index in [1.165, 1.54) is 58.8 Å². The Kier molecular flexibility index (Phi) is 5.59. The van der Waals surface area contributed by atoms with E-state index in [2.05, 4.69) is 0 Å². The number of carbonyl (C=O) groups excluding carboxylic acids is 2. The lowest BCUT2D eigenvalue weighted by molar-refractivity contribution is 0.0702. The summed E-state index contributed by atoms with van der Waals surface area (Å²) in [6.45, 7) is 2.75. The van der Waals surface area contributed by atoms with Gasteiger partial charge in [-0.1, -0.05) is 12.1 Å². The third kappa shape index (κ3) is 4.01. The number of sulfonamides is 1. The van der Waals surface area contributed by atoms with Gasteiger partial charge in [0.15, 0.2) is 5.78 Å². The number of rotatable bonds is 4. The van der Waals surface area contributed by atoms with Crippen LogP contribution in [0.2, 0.25) is 0 Å². The topological polar surface area (TPSA) is 74.8 Å². The summed E-state index contributed by atoms with van der Waals surface area (Å²) in [7, 11) is -3.63. The van der Waals surface area contributed by atoms with Crippen molar-refractivity contribution in [1.29, 1.82) is 0 Å². The molecule has 1 aromatic heterocycles. The van der Waals surface area contributed by atoms with Gasteiger partial charge in [-0.2, -0.15) is 4.31 Å².